The molecule has 0 fully saturated rings. The maximum absolute atomic E-state index is 11.3. The second kappa shape index (κ2) is 5.63. The number of benzene rings is 2. The van der Waals surface area contributed by atoms with Crippen molar-refractivity contribution in [1.29, 1.82) is 10.5 Å². The highest BCUT2D eigenvalue weighted by Crippen LogP contribution is 2.25. The van der Waals surface area contributed by atoms with Gasteiger partial charge in [0.1, 0.15) is 22.6 Å². The van der Waals surface area contributed by atoms with Crippen LogP contribution in [-0.2, 0) is 10.1 Å². The number of hydrogen-bond acceptors (Lipinski definition) is 5. The fraction of sp³-hybridized carbons (Fsp3) is 0. The third-order valence-corrected chi connectivity index (χ3v) is 3.65. The van der Waals surface area contributed by atoms with Crippen LogP contribution in [0.3, 0.4) is 0 Å². The summed E-state index contributed by atoms with van der Waals surface area (Å²) in [6, 6.07) is 12.7. The first-order chi connectivity index (χ1) is 9.95. The van der Waals surface area contributed by atoms with Crippen LogP contribution in [0.1, 0.15) is 0 Å². The lowest BCUT2D eigenvalue weighted by Crippen LogP contribution is -1.99. The van der Waals surface area contributed by atoms with E-state index in [1.165, 1.54) is 24.4 Å². The largest absolute Gasteiger partial charge is 0.360 e. The van der Waals surface area contributed by atoms with Crippen LogP contribution in [-0.4, -0.2) is 13.0 Å². The zero-order chi connectivity index (χ0) is 15.5. The van der Waals surface area contributed by atoms with E-state index in [0.717, 1.165) is 0 Å². The minimum atomic E-state index is -4.29. The normalized spacial score (nSPS) is 10.4. The Morgan fingerprint density at radius 3 is 2.52 bits per heavy atom. The van der Waals surface area contributed by atoms with Gasteiger partial charge in [-0.3, -0.25) is 4.55 Å². The Kier molecular flexibility index (Phi) is 3.90. The minimum Gasteiger partial charge on any atom is -0.360 e. The van der Waals surface area contributed by atoms with Gasteiger partial charge in [-0.05, 0) is 23.6 Å². The molecule has 0 amide bonds. The van der Waals surface area contributed by atoms with E-state index in [2.05, 4.69) is 5.32 Å². The Hall–Kier alpha value is -2.87. The van der Waals surface area contributed by atoms with E-state index in [1.807, 2.05) is 0 Å². The van der Waals surface area contributed by atoms with Crippen molar-refractivity contribution in [2.24, 2.45) is 0 Å². The van der Waals surface area contributed by atoms with Crippen LogP contribution < -0.4 is 5.32 Å². The number of nitrogens with zero attached hydrogens (tertiary/aromatic N) is 2. The lowest BCUT2D eigenvalue weighted by Gasteiger charge is -2.06. The Balaban J connectivity index is 2.48. The summed E-state index contributed by atoms with van der Waals surface area (Å²) < 4.78 is 31.7. The third kappa shape index (κ3) is 3.18. The standard InChI is InChI=1S/C14H9N3O3S/c15-7-10(8-16)9-17-12-4-5-13-11(6-12)2-1-3-14(13)21(18,19)20/h1-6,9,17H,(H,18,19,20). The molecule has 2 aromatic rings. The van der Waals surface area contributed by atoms with E-state index in [9.17, 15) is 13.0 Å². The zero-order valence-corrected chi connectivity index (χ0v) is 11.4. The monoisotopic (exact) mass is 299 g/mol. The molecule has 0 saturated carbocycles. The summed E-state index contributed by atoms with van der Waals surface area (Å²) in [4.78, 5) is -0.170. The van der Waals surface area contributed by atoms with Crippen molar-refractivity contribution in [2.75, 3.05) is 5.32 Å². The Morgan fingerprint density at radius 1 is 1.19 bits per heavy atom. The molecule has 0 aromatic heterocycles. The van der Waals surface area contributed by atoms with Crippen LogP contribution in [0.25, 0.3) is 10.8 Å². The molecule has 21 heavy (non-hydrogen) atoms. The van der Waals surface area contributed by atoms with Gasteiger partial charge in [0, 0.05) is 17.3 Å². The molecule has 2 rings (SSSR count). The first-order valence-corrected chi connectivity index (χ1v) is 7.17. The molecule has 6 nitrogen and oxygen atoms in total. The predicted octanol–water partition coefficient (Wildman–Crippen LogP) is 2.43. The Labute approximate surface area is 121 Å². The second-order valence-electron chi connectivity index (χ2n) is 4.09. The van der Waals surface area contributed by atoms with Gasteiger partial charge in [0.25, 0.3) is 10.1 Å². The molecule has 0 aliphatic heterocycles. The number of rotatable bonds is 3. The maximum atomic E-state index is 11.3. The van der Waals surface area contributed by atoms with Crippen molar-refractivity contribution < 1.29 is 13.0 Å². The summed E-state index contributed by atoms with van der Waals surface area (Å²) in [7, 11) is -4.29. The number of anilines is 1. The fourth-order valence-corrected chi connectivity index (χ4v) is 2.53. The van der Waals surface area contributed by atoms with Crippen molar-refractivity contribution in [3.8, 4) is 12.1 Å². The zero-order valence-electron chi connectivity index (χ0n) is 10.6. The van der Waals surface area contributed by atoms with Crippen LogP contribution in [0, 0.1) is 22.7 Å². The van der Waals surface area contributed by atoms with Crippen molar-refractivity contribution in [1.82, 2.24) is 0 Å². The highest BCUT2D eigenvalue weighted by atomic mass is 32.2. The molecule has 7 heteroatoms. The van der Waals surface area contributed by atoms with Gasteiger partial charge in [-0.15, -0.1) is 0 Å². The molecule has 0 unspecified atom stereocenters. The van der Waals surface area contributed by atoms with Gasteiger partial charge in [0.05, 0.1) is 0 Å². The van der Waals surface area contributed by atoms with Crippen LogP contribution in [0.5, 0.6) is 0 Å². The van der Waals surface area contributed by atoms with Crippen molar-refractivity contribution in [2.45, 2.75) is 4.90 Å². The highest BCUT2D eigenvalue weighted by molar-refractivity contribution is 7.86. The third-order valence-electron chi connectivity index (χ3n) is 2.74. The van der Waals surface area contributed by atoms with Crippen LogP contribution in [0.15, 0.2) is 53.1 Å². The molecule has 0 atom stereocenters. The highest BCUT2D eigenvalue weighted by Gasteiger charge is 2.13. The van der Waals surface area contributed by atoms with E-state index in [-0.39, 0.29) is 10.5 Å². The quantitative estimate of drug-likeness (QED) is 0.664. The second-order valence-corrected chi connectivity index (χ2v) is 5.48. The number of fused-ring (bicyclic) bond motifs is 1. The average molecular weight is 299 g/mol. The lowest BCUT2D eigenvalue weighted by atomic mass is 10.1. The molecular weight excluding hydrogens is 290 g/mol. The molecule has 2 N–H and O–H groups in total. The molecule has 2 aromatic carbocycles. The van der Waals surface area contributed by atoms with E-state index in [0.29, 0.717) is 16.5 Å². The summed E-state index contributed by atoms with van der Waals surface area (Å²) in [5.74, 6) is 0. The van der Waals surface area contributed by atoms with E-state index in [4.69, 9.17) is 10.5 Å². The minimum absolute atomic E-state index is 0.0817. The molecule has 0 radical (unpaired) electrons. The predicted molar refractivity (Wildman–Crippen MR) is 76.7 cm³/mol. The van der Waals surface area contributed by atoms with Crippen molar-refractivity contribution in [3.05, 3.63) is 48.2 Å². The van der Waals surface area contributed by atoms with Gasteiger partial charge in [-0.25, -0.2) is 0 Å². The number of hydrogen-bond donors (Lipinski definition) is 2. The van der Waals surface area contributed by atoms with Crippen LogP contribution in [0.2, 0.25) is 0 Å². The Morgan fingerprint density at radius 2 is 1.90 bits per heavy atom. The van der Waals surface area contributed by atoms with Crippen LogP contribution >= 0.6 is 0 Å². The summed E-state index contributed by atoms with van der Waals surface area (Å²) in [6.07, 6.45) is 1.26. The molecule has 0 bridgehead atoms. The first kappa shape index (κ1) is 14.5. The van der Waals surface area contributed by atoms with E-state index >= 15 is 0 Å². The molecular formula is C14H9N3O3S. The van der Waals surface area contributed by atoms with Crippen LogP contribution in [0.4, 0.5) is 5.69 Å². The SMILES string of the molecule is N#CC(C#N)=CNc1ccc2c(S(=O)(=O)O)cccc2c1. The average Bonchev–Trinajstić information content (AvgIpc) is 2.46. The lowest BCUT2D eigenvalue weighted by molar-refractivity contribution is 0.484. The first-order valence-electron chi connectivity index (χ1n) is 5.73. The van der Waals surface area contributed by atoms with Gasteiger partial charge >= 0.3 is 0 Å². The van der Waals surface area contributed by atoms with Gasteiger partial charge < -0.3 is 5.32 Å². The molecule has 104 valence electrons. The molecule has 0 heterocycles. The van der Waals surface area contributed by atoms with E-state index < -0.39 is 10.1 Å². The molecule has 0 aliphatic rings. The molecule has 0 aliphatic carbocycles. The topological polar surface area (TPSA) is 114 Å². The number of allylic oxidation sites excluding steroid dienone is 1. The Bertz CT molecular complexity index is 903. The van der Waals surface area contributed by atoms with Gasteiger partial charge in [0.15, 0.2) is 0 Å². The van der Waals surface area contributed by atoms with Crippen molar-refractivity contribution >= 4 is 26.6 Å². The fourth-order valence-electron chi connectivity index (χ4n) is 1.81. The van der Waals surface area contributed by atoms with Gasteiger partial charge in [-0.2, -0.15) is 18.9 Å². The summed E-state index contributed by atoms with van der Waals surface area (Å²) in [5, 5.41) is 21.0. The molecule has 0 spiro atoms. The van der Waals surface area contributed by atoms with Crippen molar-refractivity contribution in [3.63, 3.8) is 0 Å². The summed E-state index contributed by atoms with van der Waals surface area (Å²) in [5.41, 5.74) is 0.500. The van der Waals surface area contributed by atoms with Gasteiger partial charge in [0.2, 0.25) is 0 Å². The smallest absolute Gasteiger partial charge is 0.295 e. The van der Waals surface area contributed by atoms with Gasteiger partial charge in [-0.1, -0.05) is 18.2 Å². The molecule has 0 saturated heterocycles. The number of nitrogens with one attached hydrogen (secondary N) is 1. The maximum Gasteiger partial charge on any atom is 0.295 e. The number of nitriles is 2. The summed E-state index contributed by atoms with van der Waals surface area (Å²) in [6.45, 7) is 0. The van der Waals surface area contributed by atoms with E-state index in [1.54, 1.807) is 30.3 Å². The summed E-state index contributed by atoms with van der Waals surface area (Å²) >= 11 is 0.